The molecule has 36 heavy (non-hydrogen) atoms. The van der Waals surface area contributed by atoms with Gasteiger partial charge in [-0.15, -0.1) is 0 Å². The van der Waals surface area contributed by atoms with Crippen LogP contribution in [0.25, 0.3) is 0 Å². The molecule has 1 amide bonds. The molecule has 2 bridgehead atoms. The van der Waals surface area contributed by atoms with E-state index in [-0.39, 0.29) is 13.0 Å². The molecule has 1 heterocycles. The Balaban J connectivity index is 2.24. The van der Waals surface area contributed by atoms with Gasteiger partial charge in [0, 0.05) is 27.1 Å². The molecule has 3 rings (SSSR count). The molecule has 0 spiro atoms. The number of aliphatic hydroxyl groups is 1. The van der Waals surface area contributed by atoms with Crippen molar-refractivity contribution in [3.05, 3.63) is 35.9 Å². The first kappa shape index (κ1) is 28.9. The fraction of sp³-hybridized carbons (Fsp3) is 0.609. The minimum absolute atomic E-state index is 0.0227. The summed E-state index contributed by atoms with van der Waals surface area (Å²) in [6.45, 7) is 2.51. The van der Waals surface area contributed by atoms with Gasteiger partial charge >= 0.3 is 11.9 Å². The van der Waals surface area contributed by atoms with Crippen LogP contribution in [0.3, 0.4) is 0 Å². The average molecular weight is 569 g/mol. The lowest BCUT2D eigenvalue weighted by atomic mass is 9.59. The first-order valence-corrected chi connectivity index (χ1v) is 12.1. The molecule has 1 aliphatic heterocycles. The van der Waals surface area contributed by atoms with Crippen molar-refractivity contribution in [1.29, 1.82) is 0 Å². The molecule has 0 radical (unpaired) electrons. The zero-order valence-electron chi connectivity index (χ0n) is 20.0. The summed E-state index contributed by atoms with van der Waals surface area (Å²) < 4.78 is 25.7. The number of halogens is 3. The highest BCUT2D eigenvalue weighted by molar-refractivity contribution is 6.76. The van der Waals surface area contributed by atoms with Gasteiger partial charge in [0.05, 0.1) is 6.61 Å². The Morgan fingerprint density at radius 1 is 1.22 bits per heavy atom. The quantitative estimate of drug-likeness (QED) is 0.275. The molecular weight excluding hydrogens is 541 g/mol. The van der Waals surface area contributed by atoms with E-state index >= 15 is 0 Å². The molecule has 1 saturated heterocycles. The smallest absolute Gasteiger partial charge is 0.350 e. The lowest BCUT2D eigenvalue weighted by molar-refractivity contribution is -0.297. The van der Waals surface area contributed by atoms with Crippen LogP contribution in [0, 0.1) is 5.92 Å². The van der Waals surface area contributed by atoms with Crippen LogP contribution >= 0.6 is 34.8 Å². The van der Waals surface area contributed by atoms with Crippen molar-refractivity contribution in [1.82, 2.24) is 5.32 Å². The van der Waals surface area contributed by atoms with Crippen LogP contribution in [0.2, 0.25) is 0 Å². The number of amides is 1. The number of carbonyl (C=O) groups is 3. The second kappa shape index (κ2) is 11.0. The molecular formula is C23H28Cl3NO9. The Bertz CT molecular complexity index is 967. The Kier molecular flexibility index (Phi) is 8.82. The van der Waals surface area contributed by atoms with Gasteiger partial charge in [0.2, 0.25) is 6.10 Å². The predicted molar refractivity (Wildman–Crippen MR) is 128 cm³/mol. The number of esters is 2. The highest BCUT2D eigenvalue weighted by Crippen LogP contribution is 2.51. The van der Waals surface area contributed by atoms with E-state index in [9.17, 15) is 19.5 Å². The number of nitrogens with one attached hydrogen (secondary N) is 1. The van der Waals surface area contributed by atoms with Crippen molar-refractivity contribution in [2.24, 2.45) is 5.92 Å². The van der Waals surface area contributed by atoms with Crippen molar-refractivity contribution < 1.29 is 43.2 Å². The van der Waals surface area contributed by atoms with E-state index in [1.54, 1.807) is 24.3 Å². The van der Waals surface area contributed by atoms with Crippen molar-refractivity contribution in [3.63, 3.8) is 0 Å². The van der Waals surface area contributed by atoms with Crippen LogP contribution in [-0.4, -0.2) is 76.7 Å². The second-order valence-corrected chi connectivity index (χ2v) is 11.2. The van der Waals surface area contributed by atoms with Crippen LogP contribution in [0.1, 0.15) is 25.8 Å². The fourth-order valence-electron chi connectivity index (χ4n) is 4.97. The molecule has 200 valence electrons. The number of hydrogen-bond acceptors (Lipinski definition) is 9. The van der Waals surface area contributed by atoms with Crippen molar-refractivity contribution in [3.8, 4) is 0 Å². The molecule has 13 heteroatoms. The van der Waals surface area contributed by atoms with Gasteiger partial charge in [-0.25, -0.2) is 4.79 Å². The second-order valence-electron chi connectivity index (χ2n) is 8.96. The molecule has 1 aromatic carbocycles. The Morgan fingerprint density at radius 3 is 2.36 bits per heavy atom. The monoisotopic (exact) mass is 567 g/mol. The van der Waals surface area contributed by atoms with E-state index in [1.165, 1.54) is 21.1 Å². The van der Waals surface area contributed by atoms with Gasteiger partial charge in [0.15, 0.2) is 12.4 Å². The number of methoxy groups -OCH3 is 2. The largest absolute Gasteiger partial charge is 0.454 e. The van der Waals surface area contributed by atoms with E-state index in [0.29, 0.717) is 0 Å². The first-order valence-electron chi connectivity index (χ1n) is 11.0. The van der Waals surface area contributed by atoms with Crippen molar-refractivity contribution in [2.75, 3.05) is 14.2 Å². The Labute approximate surface area is 223 Å². The van der Waals surface area contributed by atoms with Gasteiger partial charge in [-0.2, -0.15) is 0 Å². The number of fused-ring (bicyclic) bond motifs is 2. The summed E-state index contributed by atoms with van der Waals surface area (Å²) in [6, 6.07) is 9.01. The summed E-state index contributed by atoms with van der Waals surface area (Å²) in [5.74, 6) is -4.05. The van der Waals surface area contributed by atoms with Gasteiger partial charge in [-0.1, -0.05) is 65.1 Å². The number of ether oxygens (including phenoxy) is 5. The number of rotatable bonds is 8. The van der Waals surface area contributed by atoms with Gasteiger partial charge < -0.3 is 34.1 Å². The third-order valence-corrected chi connectivity index (χ3v) is 6.95. The topological polar surface area (TPSA) is 130 Å². The molecule has 2 aliphatic rings. The van der Waals surface area contributed by atoms with E-state index in [0.717, 1.165) is 12.5 Å². The number of hydrogen-bond donors (Lipinski definition) is 2. The first-order chi connectivity index (χ1) is 16.8. The summed E-state index contributed by atoms with van der Waals surface area (Å²) >= 11 is 17.6. The van der Waals surface area contributed by atoms with Gasteiger partial charge in [-0.05, 0) is 18.9 Å². The van der Waals surface area contributed by atoms with E-state index in [4.69, 9.17) is 58.5 Å². The van der Waals surface area contributed by atoms with Gasteiger partial charge in [-0.3, -0.25) is 9.59 Å². The van der Waals surface area contributed by atoms with Crippen LogP contribution < -0.4 is 5.32 Å². The van der Waals surface area contributed by atoms with Crippen LogP contribution in [-0.2, 0) is 44.7 Å². The van der Waals surface area contributed by atoms with Gasteiger partial charge in [0.1, 0.15) is 17.2 Å². The van der Waals surface area contributed by atoms with Crippen LogP contribution in [0.5, 0.6) is 0 Å². The highest BCUT2D eigenvalue weighted by atomic mass is 35.6. The lowest BCUT2D eigenvalue weighted by Gasteiger charge is -2.61. The lowest BCUT2D eigenvalue weighted by Crippen LogP contribution is -2.84. The summed E-state index contributed by atoms with van der Waals surface area (Å²) in [5.41, 5.74) is -2.86. The zero-order valence-corrected chi connectivity index (χ0v) is 22.3. The molecule has 2 fully saturated rings. The molecule has 1 aliphatic carbocycles. The fourth-order valence-corrected chi connectivity index (χ4v) is 5.11. The zero-order chi connectivity index (χ0) is 26.9. The number of carbonyl (C=O) groups excluding carboxylic acids is 3. The minimum Gasteiger partial charge on any atom is -0.454 e. The van der Waals surface area contributed by atoms with Crippen molar-refractivity contribution >= 4 is 52.6 Å². The maximum atomic E-state index is 13.2. The third-order valence-electron chi connectivity index (χ3n) is 6.43. The van der Waals surface area contributed by atoms with Crippen LogP contribution in [0.15, 0.2) is 30.3 Å². The molecule has 2 N–H and O–H groups in total. The molecule has 0 aromatic heterocycles. The molecule has 0 unspecified atom stereocenters. The van der Waals surface area contributed by atoms with Crippen LogP contribution in [0.4, 0.5) is 0 Å². The normalized spacial score (nSPS) is 32.1. The summed E-state index contributed by atoms with van der Waals surface area (Å²) in [6.07, 6.45) is -5.61. The predicted octanol–water partition coefficient (Wildman–Crippen LogP) is 2.04. The Hall–Kier alpha value is -1.66. The maximum Gasteiger partial charge on any atom is 0.350 e. The minimum atomic E-state index is -2.46. The SMILES string of the molecule is COC(OC)[C@H]1C[C@](C)(O)[C@H]2OC(=O)[C@@H](OC(C)=O)[C@]1(NC(=O)C(Cl)(Cl)Cl)[C@H]2OCc1ccccc1. The van der Waals surface area contributed by atoms with Gasteiger partial charge in [0.25, 0.3) is 9.70 Å². The van der Waals surface area contributed by atoms with Crippen molar-refractivity contribution in [2.45, 2.75) is 66.4 Å². The molecule has 1 saturated carbocycles. The maximum absolute atomic E-state index is 13.2. The highest BCUT2D eigenvalue weighted by Gasteiger charge is 2.73. The molecule has 10 nitrogen and oxygen atoms in total. The third kappa shape index (κ3) is 5.60. The van der Waals surface area contributed by atoms with E-state index in [2.05, 4.69) is 5.32 Å². The van der Waals surface area contributed by atoms with E-state index < -0.39 is 63.3 Å². The van der Waals surface area contributed by atoms with E-state index in [1.807, 2.05) is 6.07 Å². The molecule has 6 atom stereocenters. The summed E-state index contributed by atoms with van der Waals surface area (Å²) in [5, 5.41) is 14.0. The number of alkyl halides is 3. The Morgan fingerprint density at radius 2 is 1.83 bits per heavy atom. The summed E-state index contributed by atoms with van der Waals surface area (Å²) in [4.78, 5) is 38.4. The standard InChI is InChI=1S/C23H28Cl3NO9/c1-12(28)35-17-18(29)36-15-16(34-11-13-8-6-5-7-9-13)22(17,27-20(30)23(24,25)26)14(10-21(15,2)31)19(32-3)33-4/h5-9,14-17,19,31H,10-11H2,1-4H3,(H,27,30)/t14-,15+,16+,17-,21+,22-/m1/s1. The average Bonchev–Trinajstić information content (AvgIpc) is 2.79. The molecule has 1 aromatic rings. The number of benzene rings is 1. The summed E-state index contributed by atoms with van der Waals surface area (Å²) in [7, 11) is 2.67.